The van der Waals surface area contributed by atoms with Gasteiger partial charge in [-0.2, -0.15) is 0 Å². The second kappa shape index (κ2) is 10.0. The van der Waals surface area contributed by atoms with Crippen molar-refractivity contribution in [2.75, 3.05) is 13.7 Å². The van der Waals surface area contributed by atoms with Gasteiger partial charge >= 0.3 is 0 Å². The van der Waals surface area contributed by atoms with Crippen LogP contribution >= 0.6 is 0 Å². The van der Waals surface area contributed by atoms with E-state index in [1.54, 1.807) is 0 Å². The zero-order valence-corrected chi connectivity index (χ0v) is 16.9. The Bertz CT molecular complexity index is 833. The van der Waals surface area contributed by atoms with Crippen LogP contribution in [0.15, 0.2) is 42.5 Å². The van der Waals surface area contributed by atoms with Crippen molar-refractivity contribution in [1.29, 1.82) is 0 Å². The number of hydrogen-bond donors (Lipinski definition) is 3. The molecular weight excluding hydrogens is 364 g/mol. The van der Waals surface area contributed by atoms with Gasteiger partial charge in [0.2, 0.25) is 0 Å². The highest BCUT2D eigenvalue weighted by atomic mass is 16.5. The maximum absolute atomic E-state index is 10.1. The third-order valence-corrected chi connectivity index (χ3v) is 5.66. The number of aliphatic hydroxyl groups is 3. The van der Waals surface area contributed by atoms with Gasteiger partial charge in [0.25, 0.3) is 0 Å². The van der Waals surface area contributed by atoms with Crippen LogP contribution in [0.4, 0.5) is 0 Å². The molecule has 1 heterocycles. The van der Waals surface area contributed by atoms with Crippen molar-refractivity contribution >= 4 is 0 Å². The predicted octanol–water partition coefficient (Wildman–Crippen LogP) is 3.32. The highest BCUT2D eigenvalue weighted by molar-refractivity contribution is 5.45. The lowest BCUT2D eigenvalue weighted by Crippen LogP contribution is -2.33. The van der Waals surface area contributed by atoms with Crippen LogP contribution in [-0.2, 0) is 11.2 Å². The molecular formula is C25H30O4. The van der Waals surface area contributed by atoms with Crippen LogP contribution in [0.1, 0.15) is 65.5 Å². The molecule has 29 heavy (non-hydrogen) atoms. The van der Waals surface area contributed by atoms with Gasteiger partial charge in [-0.25, -0.2) is 0 Å². The van der Waals surface area contributed by atoms with E-state index in [4.69, 9.17) is 16.3 Å². The fourth-order valence-corrected chi connectivity index (χ4v) is 3.97. The Kier molecular flexibility index (Phi) is 7.46. The minimum Gasteiger partial charge on any atom is -0.400 e. The Morgan fingerprint density at radius 3 is 2.34 bits per heavy atom. The number of terminal acetylenes is 1. The Morgan fingerprint density at radius 2 is 1.72 bits per heavy atom. The molecule has 0 aromatic heterocycles. The van der Waals surface area contributed by atoms with Gasteiger partial charge in [0.05, 0.1) is 24.9 Å². The van der Waals surface area contributed by atoms with E-state index in [0.717, 1.165) is 36.1 Å². The van der Waals surface area contributed by atoms with E-state index in [1.165, 1.54) is 24.0 Å². The molecule has 2 aromatic rings. The summed E-state index contributed by atoms with van der Waals surface area (Å²) in [4.78, 5) is 0. The Morgan fingerprint density at radius 1 is 1.03 bits per heavy atom. The van der Waals surface area contributed by atoms with E-state index < -0.39 is 6.10 Å². The molecule has 0 bridgehead atoms. The lowest BCUT2D eigenvalue weighted by molar-refractivity contribution is -0.113. The standard InChI is InChI=1S/C24H26O3.CH4O/c1-2-17-7-10-20(24-14-22(26)13-23(15-25)27-24)12-21(17)11-16-3-5-18(6-4-16)19-8-9-19;1-2/h1,3-7,10,12,19,22-26H,8-9,11,13-15H2;2H,1H3. The van der Waals surface area contributed by atoms with Gasteiger partial charge in [-0.3, -0.25) is 0 Å². The minimum atomic E-state index is -0.452. The first-order valence-electron chi connectivity index (χ1n) is 10.2. The molecule has 4 rings (SSSR count). The number of aliphatic hydroxyl groups excluding tert-OH is 3. The molecule has 3 N–H and O–H groups in total. The Labute approximate surface area is 173 Å². The average Bonchev–Trinajstić information content (AvgIpc) is 3.60. The van der Waals surface area contributed by atoms with Gasteiger partial charge in [-0.15, -0.1) is 6.42 Å². The molecule has 1 aliphatic heterocycles. The monoisotopic (exact) mass is 394 g/mol. The average molecular weight is 395 g/mol. The SMILES string of the molecule is C#Cc1ccc(C2CC(O)CC(CO)O2)cc1Cc1ccc(C2CC2)cc1.CO. The molecule has 3 atom stereocenters. The smallest absolute Gasteiger partial charge is 0.0854 e. The maximum Gasteiger partial charge on any atom is 0.0854 e. The summed E-state index contributed by atoms with van der Waals surface area (Å²) in [5.74, 6) is 3.55. The molecule has 4 heteroatoms. The van der Waals surface area contributed by atoms with E-state index in [9.17, 15) is 10.2 Å². The summed E-state index contributed by atoms with van der Waals surface area (Å²) in [5, 5.41) is 26.5. The Hall–Kier alpha value is -2.16. The lowest BCUT2D eigenvalue weighted by Gasteiger charge is -2.32. The summed E-state index contributed by atoms with van der Waals surface area (Å²) in [6.07, 6.45) is 9.15. The molecule has 1 saturated carbocycles. The van der Waals surface area contributed by atoms with Crippen LogP contribution in [0.3, 0.4) is 0 Å². The van der Waals surface area contributed by atoms with Gasteiger partial charge in [-0.05, 0) is 53.5 Å². The zero-order valence-electron chi connectivity index (χ0n) is 16.9. The van der Waals surface area contributed by atoms with E-state index in [-0.39, 0.29) is 18.8 Å². The second-order valence-electron chi connectivity index (χ2n) is 7.81. The summed E-state index contributed by atoms with van der Waals surface area (Å²) in [7, 11) is 1.00. The van der Waals surface area contributed by atoms with Crippen LogP contribution in [-0.4, -0.2) is 41.2 Å². The quantitative estimate of drug-likeness (QED) is 0.681. The first-order valence-corrected chi connectivity index (χ1v) is 10.2. The number of rotatable bonds is 5. The molecule has 154 valence electrons. The first-order chi connectivity index (χ1) is 14.2. The normalized spacial score (nSPS) is 23.6. The van der Waals surface area contributed by atoms with E-state index >= 15 is 0 Å². The predicted molar refractivity (Wildman–Crippen MR) is 114 cm³/mol. The van der Waals surface area contributed by atoms with Gasteiger partial charge in [0.1, 0.15) is 0 Å². The largest absolute Gasteiger partial charge is 0.400 e. The first kappa shape index (κ1) is 21.5. The molecule has 4 nitrogen and oxygen atoms in total. The number of benzene rings is 2. The van der Waals surface area contributed by atoms with E-state index in [0.29, 0.717) is 12.8 Å². The molecule has 0 amide bonds. The van der Waals surface area contributed by atoms with Gasteiger partial charge in [-0.1, -0.05) is 42.3 Å². The van der Waals surface area contributed by atoms with E-state index in [1.807, 2.05) is 12.1 Å². The summed E-state index contributed by atoms with van der Waals surface area (Å²) in [6.45, 7) is -0.0732. The van der Waals surface area contributed by atoms with Crippen molar-refractivity contribution in [2.24, 2.45) is 0 Å². The maximum atomic E-state index is 10.1. The van der Waals surface area contributed by atoms with Crippen LogP contribution in [0, 0.1) is 12.3 Å². The molecule has 2 aliphatic rings. The lowest BCUT2D eigenvalue weighted by atomic mass is 9.91. The zero-order chi connectivity index (χ0) is 20.8. The van der Waals surface area contributed by atoms with Crippen LogP contribution < -0.4 is 0 Å². The highest BCUT2D eigenvalue weighted by Gasteiger charge is 2.29. The van der Waals surface area contributed by atoms with Crippen molar-refractivity contribution < 1.29 is 20.1 Å². The molecule has 2 fully saturated rings. The van der Waals surface area contributed by atoms with Crippen LogP contribution in [0.5, 0.6) is 0 Å². The summed E-state index contributed by atoms with van der Waals surface area (Å²) < 4.78 is 5.96. The minimum absolute atomic E-state index is 0.0732. The summed E-state index contributed by atoms with van der Waals surface area (Å²) >= 11 is 0. The second-order valence-corrected chi connectivity index (χ2v) is 7.81. The van der Waals surface area contributed by atoms with Gasteiger partial charge in [0.15, 0.2) is 0 Å². The number of ether oxygens (including phenoxy) is 1. The highest BCUT2D eigenvalue weighted by Crippen LogP contribution is 2.40. The van der Waals surface area contributed by atoms with Crippen LogP contribution in [0.2, 0.25) is 0 Å². The summed E-state index contributed by atoms with van der Waals surface area (Å²) in [5.41, 5.74) is 5.67. The summed E-state index contributed by atoms with van der Waals surface area (Å²) in [6, 6.07) is 14.9. The molecule has 0 radical (unpaired) electrons. The topological polar surface area (TPSA) is 69.9 Å². The fraction of sp³-hybridized carbons (Fsp3) is 0.440. The molecule has 2 aromatic carbocycles. The molecule has 0 spiro atoms. The molecule has 3 unspecified atom stereocenters. The van der Waals surface area contributed by atoms with Crippen molar-refractivity contribution in [3.63, 3.8) is 0 Å². The van der Waals surface area contributed by atoms with Gasteiger partial charge in [0, 0.05) is 25.5 Å². The van der Waals surface area contributed by atoms with Crippen molar-refractivity contribution in [3.05, 3.63) is 70.3 Å². The fourth-order valence-electron chi connectivity index (χ4n) is 3.97. The van der Waals surface area contributed by atoms with Crippen molar-refractivity contribution in [3.8, 4) is 12.3 Å². The number of hydrogen-bond acceptors (Lipinski definition) is 4. The van der Waals surface area contributed by atoms with Crippen molar-refractivity contribution in [2.45, 2.75) is 56.3 Å². The third kappa shape index (κ3) is 5.46. The Balaban J connectivity index is 0.00000117. The van der Waals surface area contributed by atoms with Crippen molar-refractivity contribution in [1.82, 2.24) is 0 Å². The van der Waals surface area contributed by atoms with Crippen LogP contribution in [0.25, 0.3) is 0 Å². The molecule has 1 aliphatic carbocycles. The van der Waals surface area contributed by atoms with Gasteiger partial charge < -0.3 is 20.1 Å². The van der Waals surface area contributed by atoms with E-state index in [2.05, 4.69) is 36.3 Å². The third-order valence-electron chi connectivity index (χ3n) is 5.66. The molecule has 1 saturated heterocycles.